The average Bonchev–Trinajstić information content (AvgIpc) is 2.43. The second kappa shape index (κ2) is 9.16. The second-order valence-corrected chi connectivity index (χ2v) is 5.38. The lowest BCUT2D eigenvalue weighted by molar-refractivity contribution is 0.418. The van der Waals surface area contributed by atoms with E-state index >= 15 is 0 Å². The fourth-order valence-corrected chi connectivity index (χ4v) is 2.16. The minimum atomic E-state index is 0.534. The molecule has 0 radical (unpaired) electrons. The largest absolute Gasteiger partial charge is 0.310 e. The van der Waals surface area contributed by atoms with Gasteiger partial charge in [0.05, 0.1) is 0 Å². The van der Waals surface area contributed by atoms with Crippen molar-refractivity contribution < 1.29 is 0 Å². The first-order valence-corrected chi connectivity index (χ1v) is 7.56. The molecule has 1 aromatic carbocycles. The molecule has 0 aliphatic rings. The van der Waals surface area contributed by atoms with Gasteiger partial charge in [-0.3, -0.25) is 0 Å². The van der Waals surface area contributed by atoms with Gasteiger partial charge in [-0.1, -0.05) is 76.8 Å². The molecule has 2 unspecified atom stereocenters. The molecule has 0 aliphatic carbocycles. The highest BCUT2D eigenvalue weighted by Gasteiger charge is 2.11. The zero-order valence-electron chi connectivity index (χ0n) is 12.3. The van der Waals surface area contributed by atoms with Crippen molar-refractivity contribution >= 4 is 0 Å². The normalized spacial score (nSPS) is 14.4. The molecular weight excluding hydrogens is 218 g/mol. The minimum Gasteiger partial charge on any atom is -0.310 e. The van der Waals surface area contributed by atoms with Crippen LogP contribution in [0.4, 0.5) is 0 Å². The third kappa shape index (κ3) is 5.68. The van der Waals surface area contributed by atoms with Gasteiger partial charge in [0.1, 0.15) is 0 Å². The van der Waals surface area contributed by atoms with Gasteiger partial charge < -0.3 is 5.32 Å². The maximum Gasteiger partial charge on any atom is 0.0320 e. The summed E-state index contributed by atoms with van der Waals surface area (Å²) in [6.45, 7) is 7.98. The third-order valence-electron chi connectivity index (χ3n) is 3.71. The first-order valence-electron chi connectivity index (χ1n) is 7.56. The van der Waals surface area contributed by atoms with E-state index in [0.717, 1.165) is 12.5 Å². The van der Waals surface area contributed by atoms with Crippen molar-refractivity contribution in [2.75, 3.05) is 6.54 Å². The van der Waals surface area contributed by atoms with Gasteiger partial charge in [0.2, 0.25) is 0 Å². The van der Waals surface area contributed by atoms with E-state index in [4.69, 9.17) is 0 Å². The second-order valence-electron chi connectivity index (χ2n) is 5.38. The van der Waals surface area contributed by atoms with Crippen LogP contribution in [-0.2, 0) is 0 Å². The van der Waals surface area contributed by atoms with Gasteiger partial charge in [-0.15, -0.1) is 0 Å². The molecule has 0 fully saturated rings. The molecule has 1 nitrogen and oxygen atoms in total. The summed E-state index contributed by atoms with van der Waals surface area (Å²) in [4.78, 5) is 0. The van der Waals surface area contributed by atoms with Crippen LogP contribution in [0.3, 0.4) is 0 Å². The Kier molecular flexibility index (Phi) is 7.75. The summed E-state index contributed by atoms with van der Waals surface area (Å²) in [6, 6.07) is 11.4. The van der Waals surface area contributed by atoms with E-state index in [2.05, 4.69) is 56.4 Å². The van der Waals surface area contributed by atoms with E-state index in [1.807, 2.05) is 0 Å². The van der Waals surface area contributed by atoms with Crippen molar-refractivity contribution in [3.05, 3.63) is 35.9 Å². The Hall–Kier alpha value is -0.820. The Morgan fingerprint density at radius 2 is 1.78 bits per heavy atom. The van der Waals surface area contributed by atoms with Gasteiger partial charge in [-0.25, -0.2) is 0 Å². The molecule has 1 aromatic rings. The van der Waals surface area contributed by atoms with Crippen LogP contribution < -0.4 is 5.32 Å². The van der Waals surface area contributed by atoms with Crippen LogP contribution in [-0.4, -0.2) is 6.54 Å². The topological polar surface area (TPSA) is 12.0 Å². The number of rotatable bonds is 9. The van der Waals surface area contributed by atoms with E-state index in [9.17, 15) is 0 Å². The van der Waals surface area contributed by atoms with Gasteiger partial charge in [-0.05, 0) is 24.4 Å². The molecule has 0 bridgehead atoms. The average molecular weight is 247 g/mol. The highest BCUT2D eigenvalue weighted by Crippen LogP contribution is 2.20. The fraction of sp³-hybridized carbons (Fsp3) is 0.647. The van der Waals surface area contributed by atoms with Crippen LogP contribution in [0.1, 0.15) is 64.5 Å². The lowest BCUT2D eigenvalue weighted by Gasteiger charge is -2.21. The monoisotopic (exact) mass is 247 g/mol. The van der Waals surface area contributed by atoms with E-state index in [0.29, 0.717) is 6.04 Å². The predicted octanol–water partition coefficient (Wildman–Crippen LogP) is 4.94. The van der Waals surface area contributed by atoms with Gasteiger partial charge in [-0.2, -0.15) is 0 Å². The summed E-state index contributed by atoms with van der Waals surface area (Å²) in [5.41, 5.74) is 1.44. The Morgan fingerprint density at radius 1 is 1.06 bits per heavy atom. The first kappa shape index (κ1) is 15.2. The van der Waals surface area contributed by atoms with Gasteiger partial charge in [0.15, 0.2) is 0 Å². The number of hydrogen-bond donors (Lipinski definition) is 1. The molecule has 2 atom stereocenters. The Bertz CT molecular complexity index is 294. The number of benzene rings is 1. The lowest BCUT2D eigenvalue weighted by atomic mass is 9.99. The minimum absolute atomic E-state index is 0.534. The van der Waals surface area contributed by atoms with Crippen molar-refractivity contribution in [3.63, 3.8) is 0 Å². The molecule has 1 N–H and O–H groups in total. The third-order valence-corrected chi connectivity index (χ3v) is 3.71. The van der Waals surface area contributed by atoms with Crippen molar-refractivity contribution in [3.8, 4) is 0 Å². The first-order chi connectivity index (χ1) is 8.77. The van der Waals surface area contributed by atoms with Gasteiger partial charge in [0.25, 0.3) is 0 Å². The summed E-state index contributed by atoms with van der Waals surface area (Å²) in [7, 11) is 0. The smallest absolute Gasteiger partial charge is 0.0320 e. The van der Waals surface area contributed by atoms with E-state index in [-0.39, 0.29) is 0 Å². The van der Waals surface area contributed by atoms with Crippen LogP contribution in [0.25, 0.3) is 0 Å². The maximum absolute atomic E-state index is 3.75. The van der Waals surface area contributed by atoms with E-state index in [1.54, 1.807) is 0 Å². The molecule has 102 valence electrons. The summed E-state index contributed by atoms with van der Waals surface area (Å²) < 4.78 is 0. The molecule has 18 heavy (non-hydrogen) atoms. The van der Waals surface area contributed by atoms with Crippen LogP contribution in [0, 0.1) is 5.92 Å². The Balaban J connectivity index is 2.52. The van der Waals surface area contributed by atoms with Crippen molar-refractivity contribution in [1.82, 2.24) is 5.32 Å². The van der Waals surface area contributed by atoms with Crippen LogP contribution in [0.5, 0.6) is 0 Å². The number of unbranched alkanes of at least 4 members (excludes halogenated alkanes) is 2. The standard InChI is InChI=1S/C17H29N/c1-4-6-8-13-17(18-14-15(3)5-2)16-11-9-7-10-12-16/h7,9-12,15,17-18H,4-6,8,13-14H2,1-3H3. The molecule has 0 amide bonds. The van der Waals surface area contributed by atoms with E-state index < -0.39 is 0 Å². The summed E-state index contributed by atoms with van der Waals surface area (Å²) in [6.07, 6.45) is 6.47. The van der Waals surface area contributed by atoms with Crippen LogP contribution in [0.2, 0.25) is 0 Å². The number of hydrogen-bond acceptors (Lipinski definition) is 1. The quantitative estimate of drug-likeness (QED) is 0.609. The molecule has 0 saturated heterocycles. The molecule has 0 aliphatic heterocycles. The highest BCUT2D eigenvalue weighted by molar-refractivity contribution is 5.18. The highest BCUT2D eigenvalue weighted by atomic mass is 14.9. The predicted molar refractivity (Wildman–Crippen MR) is 80.8 cm³/mol. The van der Waals surface area contributed by atoms with Crippen molar-refractivity contribution in [2.45, 2.75) is 58.9 Å². The van der Waals surface area contributed by atoms with Gasteiger partial charge in [0, 0.05) is 6.04 Å². The zero-order valence-corrected chi connectivity index (χ0v) is 12.3. The summed E-state index contributed by atoms with van der Waals surface area (Å²) >= 11 is 0. The molecule has 0 heterocycles. The van der Waals surface area contributed by atoms with Crippen LogP contribution in [0.15, 0.2) is 30.3 Å². The van der Waals surface area contributed by atoms with E-state index in [1.165, 1.54) is 37.7 Å². The summed E-state index contributed by atoms with van der Waals surface area (Å²) in [5.74, 6) is 0.766. The Labute approximate surface area is 113 Å². The Morgan fingerprint density at radius 3 is 2.39 bits per heavy atom. The molecule has 0 aromatic heterocycles. The van der Waals surface area contributed by atoms with Crippen molar-refractivity contribution in [2.24, 2.45) is 5.92 Å². The molecule has 0 spiro atoms. The summed E-state index contributed by atoms with van der Waals surface area (Å²) in [5, 5.41) is 3.75. The molecule has 1 rings (SSSR count). The van der Waals surface area contributed by atoms with Crippen LogP contribution >= 0.6 is 0 Å². The molecular formula is C17H29N. The molecule has 1 heteroatoms. The van der Waals surface area contributed by atoms with Gasteiger partial charge >= 0.3 is 0 Å². The number of nitrogens with one attached hydrogen (secondary N) is 1. The zero-order chi connectivity index (χ0) is 13.2. The maximum atomic E-state index is 3.75. The fourth-order valence-electron chi connectivity index (χ4n) is 2.16. The SMILES string of the molecule is CCCCCC(NCC(C)CC)c1ccccc1. The lowest BCUT2D eigenvalue weighted by Crippen LogP contribution is -2.26. The molecule has 0 saturated carbocycles. The van der Waals surface area contributed by atoms with Crippen molar-refractivity contribution in [1.29, 1.82) is 0 Å².